The molecular formula is C6H10O5. The van der Waals surface area contributed by atoms with E-state index in [1.165, 1.54) is 13.8 Å². The highest BCUT2D eigenvalue weighted by Gasteiger charge is 2.53. The summed E-state index contributed by atoms with van der Waals surface area (Å²) in [5, 5.41) is 18.2. The fraction of sp³-hybridized carbons (Fsp3) is 0.833. The minimum absolute atomic E-state index is 0.653. The summed E-state index contributed by atoms with van der Waals surface area (Å²) in [5.41, 5.74) is 0. The van der Waals surface area contributed by atoms with Crippen molar-refractivity contribution in [2.75, 3.05) is 0 Å². The Balaban J connectivity index is 2.53. The van der Waals surface area contributed by atoms with Gasteiger partial charge in [-0.2, -0.15) is 0 Å². The van der Waals surface area contributed by atoms with Crippen molar-refractivity contribution in [3.05, 3.63) is 0 Å². The van der Waals surface area contributed by atoms with Gasteiger partial charge in [0, 0.05) is 0 Å². The molecule has 1 saturated heterocycles. The van der Waals surface area contributed by atoms with Gasteiger partial charge in [0.2, 0.25) is 0 Å². The molecule has 2 N–H and O–H groups in total. The molecule has 0 aromatic carbocycles. The minimum Gasteiger partial charge on any atom is -0.393 e. The van der Waals surface area contributed by atoms with Crippen LogP contribution in [0.15, 0.2) is 0 Å². The molecule has 5 nitrogen and oxygen atoms in total. The van der Waals surface area contributed by atoms with E-state index in [1.54, 1.807) is 0 Å². The van der Waals surface area contributed by atoms with Crippen molar-refractivity contribution in [3.63, 3.8) is 0 Å². The molecule has 0 radical (unpaired) electrons. The average Bonchev–Trinajstić information content (AvgIpc) is 1.83. The number of hydrogen-bond acceptors (Lipinski definition) is 5. The highest BCUT2D eigenvalue weighted by molar-refractivity contribution is 5.65. The number of ether oxygens (including phenoxy) is 2. The van der Waals surface area contributed by atoms with Crippen molar-refractivity contribution in [2.24, 2.45) is 5.92 Å². The van der Waals surface area contributed by atoms with Gasteiger partial charge in [0.25, 0.3) is 0 Å². The van der Waals surface area contributed by atoms with E-state index in [1.807, 2.05) is 0 Å². The van der Waals surface area contributed by atoms with Crippen LogP contribution in [-0.2, 0) is 9.47 Å². The highest BCUT2D eigenvalue weighted by atomic mass is 17.0. The summed E-state index contributed by atoms with van der Waals surface area (Å²) in [6.45, 7) is 2.98. The molecular weight excluding hydrogens is 152 g/mol. The number of hydrogen-bond donors (Lipinski definition) is 2. The van der Waals surface area contributed by atoms with Crippen molar-refractivity contribution in [2.45, 2.75) is 25.9 Å². The number of carbonyl (C=O) groups excluding carboxylic acids is 1. The van der Waals surface area contributed by atoms with Gasteiger partial charge in [-0.15, -0.1) is 0 Å². The maximum Gasteiger partial charge on any atom is 0.518 e. The number of aliphatic hydroxyl groups is 2. The Labute approximate surface area is 63.5 Å². The van der Waals surface area contributed by atoms with Gasteiger partial charge >= 0.3 is 12.1 Å². The van der Waals surface area contributed by atoms with Crippen LogP contribution >= 0.6 is 0 Å². The number of cyclic esters (lactones) is 2. The number of carbonyl (C=O) groups is 1. The molecule has 1 aliphatic rings. The van der Waals surface area contributed by atoms with Crippen molar-refractivity contribution >= 4 is 6.16 Å². The molecule has 1 fully saturated rings. The van der Waals surface area contributed by atoms with Crippen LogP contribution in [0, 0.1) is 5.92 Å². The molecule has 5 heteroatoms. The first-order valence-corrected chi connectivity index (χ1v) is 3.28. The standard InChI is InChI=1S/C6H10O5/c1-3(4(2)7)6(9)10-5(8)11-6/h3-4,7,9H,1-2H3. The van der Waals surface area contributed by atoms with Crippen LogP contribution in [0.5, 0.6) is 0 Å². The Kier molecular flexibility index (Phi) is 1.77. The second-order valence-corrected chi connectivity index (χ2v) is 2.61. The van der Waals surface area contributed by atoms with Crippen LogP contribution in [0.2, 0.25) is 0 Å². The topological polar surface area (TPSA) is 76.0 Å². The monoisotopic (exact) mass is 162 g/mol. The van der Waals surface area contributed by atoms with Gasteiger partial charge in [0.15, 0.2) is 0 Å². The molecule has 0 aliphatic carbocycles. The van der Waals surface area contributed by atoms with Gasteiger partial charge in [0.05, 0.1) is 12.0 Å². The molecule has 0 saturated carbocycles. The van der Waals surface area contributed by atoms with Crippen LogP contribution < -0.4 is 0 Å². The molecule has 0 aromatic heterocycles. The van der Waals surface area contributed by atoms with Gasteiger partial charge in [-0.05, 0) is 13.8 Å². The number of rotatable bonds is 2. The zero-order chi connectivity index (χ0) is 8.65. The van der Waals surface area contributed by atoms with E-state index < -0.39 is 24.2 Å². The minimum atomic E-state index is -1.93. The Morgan fingerprint density at radius 1 is 1.45 bits per heavy atom. The molecule has 1 aliphatic heterocycles. The third kappa shape index (κ3) is 1.29. The van der Waals surface area contributed by atoms with Crippen LogP contribution in [0.3, 0.4) is 0 Å². The molecule has 11 heavy (non-hydrogen) atoms. The van der Waals surface area contributed by atoms with Crippen molar-refractivity contribution in [1.82, 2.24) is 0 Å². The maximum absolute atomic E-state index is 10.2. The fourth-order valence-corrected chi connectivity index (χ4v) is 0.737. The summed E-state index contributed by atoms with van der Waals surface area (Å²) in [4.78, 5) is 10.2. The molecule has 0 aromatic rings. The third-order valence-corrected chi connectivity index (χ3v) is 1.76. The van der Waals surface area contributed by atoms with Crippen molar-refractivity contribution < 1.29 is 24.5 Å². The quantitative estimate of drug-likeness (QED) is 0.550. The van der Waals surface area contributed by atoms with Gasteiger partial charge in [-0.25, -0.2) is 4.79 Å². The lowest BCUT2D eigenvalue weighted by atomic mass is 10.0. The zero-order valence-corrected chi connectivity index (χ0v) is 6.27. The Morgan fingerprint density at radius 2 is 1.91 bits per heavy atom. The summed E-state index contributed by atoms with van der Waals surface area (Å²) >= 11 is 0. The van der Waals surface area contributed by atoms with E-state index in [4.69, 9.17) is 5.11 Å². The zero-order valence-electron chi connectivity index (χ0n) is 6.27. The largest absolute Gasteiger partial charge is 0.518 e. The lowest BCUT2D eigenvalue weighted by Crippen LogP contribution is -2.57. The van der Waals surface area contributed by atoms with Crippen LogP contribution in [0.25, 0.3) is 0 Å². The van der Waals surface area contributed by atoms with Gasteiger partial charge < -0.3 is 19.7 Å². The summed E-state index contributed by atoms with van der Waals surface area (Å²) in [5.74, 6) is -2.58. The first kappa shape index (κ1) is 8.29. The maximum atomic E-state index is 10.2. The molecule has 0 amide bonds. The van der Waals surface area contributed by atoms with E-state index in [2.05, 4.69) is 9.47 Å². The SMILES string of the molecule is CC(O)C(C)C1(O)OC(=O)O1. The van der Waals surface area contributed by atoms with E-state index in [9.17, 15) is 9.90 Å². The van der Waals surface area contributed by atoms with E-state index >= 15 is 0 Å². The van der Waals surface area contributed by atoms with Gasteiger partial charge in [0.1, 0.15) is 0 Å². The van der Waals surface area contributed by atoms with Crippen molar-refractivity contribution in [1.29, 1.82) is 0 Å². The Bertz CT molecular complexity index is 168. The lowest BCUT2D eigenvalue weighted by Gasteiger charge is -2.39. The molecule has 0 spiro atoms. The number of aliphatic hydroxyl groups excluding tert-OH is 1. The third-order valence-electron chi connectivity index (χ3n) is 1.76. The van der Waals surface area contributed by atoms with Crippen LogP contribution in [0.1, 0.15) is 13.8 Å². The summed E-state index contributed by atoms with van der Waals surface area (Å²) in [6, 6.07) is 0. The van der Waals surface area contributed by atoms with E-state index in [0.29, 0.717) is 0 Å². The summed E-state index contributed by atoms with van der Waals surface area (Å²) < 4.78 is 8.57. The molecule has 64 valence electrons. The van der Waals surface area contributed by atoms with E-state index in [0.717, 1.165) is 0 Å². The van der Waals surface area contributed by atoms with Gasteiger partial charge in [-0.3, -0.25) is 0 Å². The fourth-order valence-electron chi connectivity index (χ4n) is 0.737. The normalized spacial score (nSPS) is 26.0. The molecule has 1 rings (SSSR count). The van der Waals surface area contributed by atoms with Crippen LogP contribution in [0.4, 0.5) is 4.79 Å². The summed E-state index contributed by atoms with van der Waals surface area (Å²) in [7, 11) is 0. The van der Waals surface area contributed by atoms with E-state index in [-0.39, 0.29) is 0 Å². The second-order valence-electron chi connectivity index (χ2n) is 2.61. The first-order valence-electron chi connectivity index (χ1n) is 3.28. The highest BCUT2D eigenvalue weighted by Crippen LogP contribution is 2.31. The van der Waals surface area contributed by atoms with Crippen LogP contribution in [-0.4, -0.2) is 28.4 Å². The predicted molar refractivity (Wildman–Crippen MR) is 33.4 cm³/mol. The van der Waals surface area contributed by atoms with Crippen molar-refractivity contribution in [3.8, 4) is 0 Å². The molecule has 1 heterocycles. The molecule has 2 atom stereocenters. The first-order chi connectivity index (χ1) is 4.96. The predicted octanol–water partition coefficient (Wildman–Crippen LogP) is -0.184. The smallest absolute Gasteiger partial charge is 0.393 e. The molecule has 0 bridgehead atoms. The molecule has 2 unspecified atom stereocenters. The second kappa shape index (κ2) is 2.35. The average molecular weight is 162 g/mol. The lowest BCUT2D eigenvalue weighted by molar-refractivity contribution is -0.414. The Morgan fingerprint density at radius 3 is 2.18 bits per heavy atom. The summed E-state index contributed by atoms with van der Waals surface area (Å²) in [6.07, 6.45) is -1.71. The van der Waals surface area contributed by atoms with Gasteiger partial charge in [-0.1, -0.05) is 0 Å². The Hall–Kier alpha value is -0.810.